The second kappa shape index (κ2) is 6.91. The van der Waals surface area contributed by atoms with E-state index < -0.39 is 16.7 Å². The molecule has 134 valence electrons. The molecular weight excluding hydrogens is 314 g/mol. The van der Waals surface area contributed by atoms with Gasteiger partial charge < -0.3 is 9.47 Å². The molecule has 1 fully saturated rings. The van der Waals surface area contributed by atoms with Crippen LogP contribution in [0.4, 0.5) is 4.79 Å². The molecule has 5 nitrogen and oxygen atoms in total. The van der Waals surface area contributed by atoms with Gasteiger partial charge >= 0.3 is 12.1 Å². The van der Waals surface area contributed by atoms with E-state index in [4.69, 9.17) is 9.47 Å². The van der Waals surface area contributed by atoms with Crippen LogP contribution in [0, 0.1) is 0 Å². The Morgan fingerprint density at radius 3 is 2.00 bits per heavy atom. The fraction of sp³-hybridized carbons (Fsp3) is 0.882. The molecule has 1 saturated heterocycles. The summed E-state index contributed by atoms with van der Waals surface area (Å²) in [5.74, 6) is 0.160. The topological polar surface area (TPSA) is 55.8 Å². The monoisotopic (exact) mass is 345 g/mol. The molecule has 1 rings (SSSR count). The molecule has 1 aliphatic rings. The number of rotatable bonds is 3. The Morgan fingerprint density at radius 1 is 1.13 bits per heavy atom. The van der Waals surface area contributed by atoms with E-state index in [-0.39, 0.29) is 18.2 Å². The molecule has 0 radical (unpaired) electrons. The van der Waals surface area contributed by atoms with E-state index in [1.165, 1.54) is 11.8 Å². The standard InChI is InChI=1S/C17H31NO4S/c1-15(2,3)22-14(20)18-16(4,5)9-12(10-17(18,6)7)21-13(19)11-23-8/h12H,9-11H2,1-8H3. The highest BCUT2D eigenvalue weighted by atomic mass is 32.2. The Bertz CT molecular complexity index is 436. The first-order valence-corrected chi connectivity index (χ1v) is 9.40. The van der Waals surface area contributed by atoms with E-state index >= 15 is 0 Å². The molecule has 0 aromatic carbocycles. The van der Waals surface area contributed by atoms with Crippen molar-refractivity contribution in [1.82, 2.24) is 4.90 Å². The van der Waals surface area contributed by atoms with Gasteiger partial charge in [-0.25, -0.2) is 4.79 Å². The molecule has 1 heterocycles. The van der Waals surface area contributed by atoms with Crippen LogP contribution in [0.3, 0.4) is 0 Å². The molecule has 0 atom stereocenters. The van der Waals surface area contributed by atoms with Crippen LogP contribution in [-0.2, 0) is 14.3 Å². The highest BCUT2D eigenvalue weighted by Gasteiger charge is 2.50. The summed E-state index contributed by atoms with van der Waals surface area (Å²) in [6.45, 7) is 13.6. The van der Waals surface area contributed by atoms with Gasteiger partial charge in [-0.1, -0.05) is 0 Å². The summed E-state index contributed by atoms with van der Waals surface area (Å²) >= 11 is 1.45. The Hall–Kier alpha value is -0.910. The average Bonchev–Trinajstić information content (AvgIpc) is 2.21. The Balaban J connectivity index is 2.92. The number of hydrogen-bond acceptors (Lipinski definition) is 5. The molecule has 6 heteroatoms. The Labute approximate surface area is 144 Å². The van der Waals surface area contributed by atoms with Crippen LogP contribution in [0.2, 0.25) is 0 Å². The van der Waals surface area contributed by atoms with Crippen molar-refractivity contribution in [3.63, 3.8) is 0 Å². The number of nitrogens with zero attached hydrogens (tertiary/aromatic N) is 1. The zero-order valence-corrected chi connectivity index (χ0v) is 16.5. The predicted octanol–water partition coefficient (Wildman–Crippen LogP) is 3.85. The van der Waals surface area contributed by atoms with E-state index in [1.807, 2.05) is 54.7 Å². The number of hydrogen-bond donors (Lipinski definition) is 0. The molecule has 0 aromatic heterocycles. The maximum absolute atomic E-state index is 12.7. The zero-order valence-electron chi connectivity index (χ0n) is 15.7. The van der Waals surface area contributed by atoms with E-state index in [9.17, 15) is 9.59 Å². The lowest BCUT2D eigenvalue weighted by Crippen LogP contribution is -2.65. The minimum absolute atomic E-state index is 0.182. The molecule has 0 saturated carbocycles. The minimum atomic E-state index is -0.537. The van der Waals surface area contributed by atoms with E-state index in [1.54, 1.807) is 4.90 Å². The van der Waals surface area contributed by atoms with Crippen LogP contribution in [0.5, 0.6) is 0 Å². The number of esters is 1. The summed E-state index contributed by atoms with van der Waals surface area (Å²) in [5.41, 5.74) is -1.44. The molecule has 0 bridgehead atoms. The van der Waals surface area contributed by atoms with Crippen molar-refractivity contribution in [3.05, 3.63) is 0 Å². The van der Waals surface area contributed by atoms with Gasteiger partial charge in [-0.2, -0.15) is 11.8 Å². The van der Waals surface area contributed by atoms with Crippen LogP contribution < -0.4 is 0 Å². The fourth-order valence-corrected chi connectivity index (χ4v) is 3.72. The first-order valence-electron chi connectivity index (χ1n) is 8.00. The maximum Gasteiger partial charge on any atom is 0.411 e. The van der Waals surface area contributed by atoms with E-state index in [0.717, 1.165) is 0 Å². The van der Waals surface area contributed by atoms with Gasteiger partial charge in [0.25, 0.3) is 0 Å². The summed E-state index contributed by atoms with van der Waals surface area (Å²) in [4.78, 5) is 26.3. The number of ether oxygens (including phenoxy) is 2. The summed E-state index contributed by atoms with van der Waals surface area (Å²) < 4.78 is 11.2. The van der Waals surface area contributed by atoms with Crippen LogP contribution in [0.15, 0.2) is 0 Å². The second-order valence-corrected chi connectivity index (χ2v) is 9.26. The van der Waals surface area contributed by atoms with Gasteiger partial charge in [-0.15, -0.1) is 0 Å². The first kappa shape index (κ1) is 20.1. The third-order valence-corrected chi connectivity index (χ3v) is 4.33. The number of carbonyl (C=O) groups is 2. The highest BCUT2D eigenvalue weighted by molar-refractivity contribution is 7.99. The molecular formula is C17H31NO4S. The zero-order chi connectivity index (χ0) is 18.1. The summed E-state index contributed by atoms with van der Waals surface area (Å²) in [6.07, 6.45) is 2.59. The molecule has 0 unspecified atom stereocenters. The number of amides is 1. The van der Waals surface area contributed by atoms with Crippen molar-refractivity contribution in [3.8, 4) is 0 Å². The number of piperidine rings is 1. The fourth-order valence-electron chi connectivity index (χ4n) is 3.41. The number of thioether (sulfide) groups is 1. The van der Waals surface area contributed by atoms with Gasteiger partial charge in [0.1, 0.15) is 11.7 Å². The summed E-state index contributed by atoms with van der Waals surface area (Å²) in [7, 11) is 0. The van der Waals surface area contributed by atoms with Gasteiger partial charge in [0.2, 0.25) is 0 Å². The second-order valence-electron chi connectivity index (χ2n) is 8.39. The van der Waals surface area contributed by atoms with Crippen LogP contribution in [-0.4, -0.2) is 51.8 Å². The lowest BCUT2D eigenvalue weighted by molar-refractivity contribution is -0.155. The van der Waals surface area contributed by atoms with Crippen LogP contribution >= 0.6 is 11.8 Å². The van der Waals surface area contributed by atoms with E-state index in [2.05, 4.69) is 0 Å². The van der Waals surface area contributed by atoms with Gasteiger partial charge in [0.05, 0.1) is 5.75 Å². The molecule has 1 aliphatic heterocycles. The lowest BCUT2D eigenvalue weighted by atomic mass is 9.78. The molecule has 23 heavy (non-hydrogen) atoms. The third-order valence-electron chi connectivity index (χ3n) is 3.80. The van der Waals surface area contributed by atoms with Gasteiger partial charge in [-0.05, 0) is 54.7 Å². The SMILES string of the molecule is CSCC(=O)OC1CC(C)(C)N(C(=O)OC(C)(C)C)C(C)(C)C1. The largest absolute Gasteiger partial charge is 0.462 e. The summed E-state index contributed by atoms with van der Waals surface area (Å²) in [6, 6.07) is 0. The number of carbonyl (C=O) groups excluding carboxylic acids is 2. The van der Waals surface area contributed by atoms with Gasteiger partial charge in [0, 0.05) is 23.9 Å². The van der Waals surface area contributed by atoms with Crippen LogP contribution in [0.1, 0.15) is 61.3 Å². The molecule has 0 aromatic rings. The van der Waals surface area contributed by atoms with Crippen molar-refractivity contribution in [2.24, 2.45) is 0 Å². The van der Waals surface area contributed by atoms with Crippen molar-refractivity contribution >= 4 is 23.8 Å². The van der Waals surface area contributed by atoms with Crippen molar-refractivity contribution in [2.45, 2.75) is 84.1 Å². The number of likely N-dealkylation sites (tertiary alicyclic amines) is 1. The Kier molecular flexibility index (Phi) is 6.05. The third kappa shape index (κ3) is 5.59. The lowest BCUT2D eigenvalue weighted by Gasteiger charge is -2.54. The summed E-state index contributed by atoms with van der Waals surface area (Å²) in [5, 5.41) is 0. The molecule has 0 spiro atoms. The first-order chi connectivity index (χ1) is 10.3. The average molecular weight is 346 g/mol. The Morgan fingerprint density at radius 2 is 1.61 bits per heavy atom. The smallest absolute Gasteiger partial charge is 0.411 e. The minimum Gasteiger partial charge on any atom is -0.462 e. The quantitative estimate of drug-likeness (QED) is 0.727. The van der Waals surface area contributed by atoms with Crippen molar-refractivity contribution < 1.29 is 19.1 Å². The maximum atomic E-state index is 12.7. The predicted molar refractivity (Wildman–Crippen MR) is 93.7 cm³/mol. The highest BCUT2D eigenvalue weighted by Crippen LogP contribution is 2.40. The van der Waals surface area contributed by atoms with E-state index in [0.29, 0.717) is 18.6 Å². The van der Waals surface area contributed by atoms with Gasteiger partial charge in [0.15, 0.2) is 0 Å². The van der Waals surface area contributed by atoms with Crippen molar-refractivity contribution in [2.75, 3.05) is 12.0 Å². The van der Waals surface area contributed by atoms with Gasteiger partial charge in [-0.3, -0.25) is 9.69 Å². The van der Waals surface area contributed by atoms with Crippen molar-refractivity contribution in [1.29, 1.82) is 0 Å². The molecule has 0 N–H and O–H groups in total. The molecule has 1 amide bonds. The normalized spacial score (nSPS) is 21.0. The van der Waals surface area contributed by atoms with Crippen LogP contribution in [0.25, 0.3) is 0 Å². The molecule has 0 aliphatic carbocycles.